The van der Waals surface area contributed by atoms with Crippen LogP contribution < -0.4 is 5.43 Å². The summed E-state index contributed by atoms with van der Waals surface area (Å²) in [6, 6.07) is 2.73. The lowest BCUT2D eigenvalue weighted by atomic mass is 9.88. The summed E-state index contributed by atoms with van der Waals surface area (Å²) in [4.78, 5) is 34.6. The zero-order valence-electron chi connectivity index (χ0n) is 10.8. The molecule has 0 N–H and O–H groups in total. The fourth-order valence-corrected chi connectivity index (χ4v) is 1.34. The Morgan fingerprint density at radius 2 is 1.83 bits per heavy atom. The molecule has 18 heavy (non-hydrogen) atoms. The van der Waals surface area contributed by atoms with Gasteiger partial charge in [-0.3, -0.25) is 14.4 Å². The van der Waals surface area contributed by atoms with E-state index in [0.29, 0.717) is 0 Å². The molecule has 0 aliphatic heterocycles. The van der Waals surface area contributed by atoms with E-state index in [-0.39, 0.29) is 24.4 Å². The molecule has 0 unspecified atom stereocenters. The third kappa shape index (κ3) is 3.29. The van der Waals surface area contributed by atoms with Crippen molar-refractivity contribution >= 4 is 11.8 Å². The molecule has 0 fully saturated rings. The maximum Gasteiger partial charge on any atom is 0.319 e. The molecular formula is C13H17NO4. The molecule has 1 rings (SSSR count). The van der Waals surface area contributed by atoms with Crippen LogP contribution in [0.4, 0.5) is 0 Å². The Bertz CT molecular complexity index is 481. The third-order valence-electron chi connectivity index (χ3n) is 2.67. The Kier molecular flexibility index (Phi) is 4.42. The van der Waals surface area contributed by atoms with Crippen LogP contribution >= 0.6 is 0 Å². The van der Waals surface area contributed by atoms with Gasteiger partial charge < -0.3 is 9.30 Å². The number of rotatable bonds is 5. The van der Waals surface area contributed by atoms with Crippen LogP contribution in [0.1, 0.15) is 20.8 Å². The molecule has 5 nitrogen and oxygen atoms in total. The molecule has 98 valence electrons. The number of carbonyl (C=O) groups excluding carboxylic acids is 2. The lowest BCUT2D eigenvalue weighted by Crippen LogP contribution is -2.37. The van der Waals surface area contributed by atoms with Crippen LogP contribution in [0, 0.1) is 5.41 Å². The van der Waals surface area contributed by atoms with Crippen LogP contribution in [0.5, 0.6) is 0 Å². The summed E-state index contributed by atoms with van der Waals surface area (Å²) < 4.78 is 6.43. The van der Waals surface area contributed by atoms with E-state index < -0.39 is 11.4 Å². The average molecular weight is 251 g/mol. The van der Waals surface area contributed by atoms with Gasteiger partial charge >= 0.3 is 5.97 Å². The largest absolute Gasteiger partial charge is 0.465 e. The number of esters is 1. The highest BCUT2D eigenvalue weighted by atomic mass is 16.5. The molecule has 0 radical (unpaired) electrons. The molecule has 5 heteroatoms. The van der Waals surface area contributed by atoms with Crippen LogP contribution in [-0.4, -0.2) is 22.9 Å². The highest BCUT2D eigenvalue weighted by Gasteiger charge is 2.36. The molecule has 0 bridgehead atoms. The van der Waals surface area contributed by atoms with Gasteiger partial charge in [0.1, 0.15) is 5.41 Å². The van der Waals surface area contributed by atoms with Gasteiger partial charge in [-0.15, -0.1) is 0 Å². The summed E-state index contributed by atoms with van der Waals surface area (Å²) >= 11 is 0. The van der Waals surface area contributed by atoms with Gasteiger partial charge in [0, 0.05) is 24.5 Å². The Labute approximate surface area is 105 Å². The second-order valence-electron chi connectivity index (χ2n) is 4.47. The number of Topliss-reactive ketones (excluding diaryl/α,β-unsaturated/α-hetero) is 1. The predicted molar refractivity (Wildman–Crippen MR) is 66.1 cm³/mol. The summed E-state index contributed by atoms with van der Waals surface area (Å²) in [6.07, 6.45) is 3.03. The number of carbonyl (C=O) groups is 2. The molecule has 0 spiro atoms. The van der Waals surface area contributed by atoms with E-state index in [2.05, 4.69) is 0 Å². The zero-order chi connectivity index (χ0) is 13.8. The second kappa shape index (κ2) is 5.62. The van der Waals surface area contributed by atoms with E-state index in [9.17, 15) is 14.4 Å². The minimum Gasteiger partial charge on any atom is -0.465 e. The summed E-state index contributed by atoms with van der Waals surface area (Å²) in [6.45, 7) is 5.05. The number of hydrogen-bond acceptors (Lipinski definition) is 4. The molecule has 0 amide bonds. The van der Waals surface area contributed by atoms with Crippen molar-refractivity contribution in [2.75, 3.05) is 6.61 Å². The quantitative estimate of drug-likeness (QED) is 0.578. The first-order valence-electron chi connectivity index (χ1n) is 5.74. The molecule has 1 aromatic heterocycles. The highest BCUT2D eigenvalue weighted by Crippen LogP contribution is 2.19. The van der Waals surface area contributed by atoms with Gasteiger partial charge in [-0.1, -0.05) is 0 Å². The number of ether oxygens (including phenoxy) is 1. The third-order valence-corrected chi connectivity index (χ3v) is 2.67. The summed E-state index contributed by atoms with van der Waals surface area (Å²) in [5.74, 6) is -0.791. The van der Waals surface area contributed by atoms with E-state index in [1.165, 1.54) is 38.4 Å². The first kappa shape index (κ1) is 14.2. The summed E-state index contributed by atoms with van der Waals surface area (Å²) in [5, 5.41) is 0. The highest BCUT2D eigenvalue weighted by molar-refractivity contribution is 6.02. The lowest BCUT2D eigenvalue weighted by Gasteiger charge is -2.21. The first-order chi connectivity index (χ1) is 8.37. The molecule has 0 saturated carbocycles. The fourth-order valence-electron chi connectivity index (χ4n) is 1.34. The monoisotopic (exact) mass is 251 g/mol. The van der Waals surface area contributed by atoms with Gasteiger partial charge in [-0.25, -0.2) is 0 Å². The standard InChI is InChI=1S/C13H17NO4/c1-4-18-12(17)13(2,3)11(16)9-14-7-5-10(15)6-8-14/h5-8H,4,9H2,1-3H3. The predicted octanol–water partition coefficient (Wildman–Crippen LogP) is 1.01. The molecule has 1 heterocycles. The maximum absolute atomic E-state index is 12.0. The Morgan fingerprint density at radius 3 is 2.33 bits per heavy atom. The van der Waals surface area contributed by atoms with Crippen molar-refractivity contribution in [2.45, 2.75) is 27.3 Å². The van der Waals surface area contributed by atoms with Crippen molar-refractivity contribution in [3.8, 4) is 0 Å². The smallest absolute Gasteiger partial charge is 0.319 e. The summed E-state index contributed by atoms with van der Waals surface area (Å²) in [5.41, 5.74) is -1.30. The molecule has 1 aromatic rings. The number of aromatic nitrogens is 1. The number of hydrogen-bond donors (Lipinski definition) is 0. The van der Waals surface area contributed by atoms with Gasteiger partial charge in [-0.05, 0) is 20.8 Å². The number of nitrogens with zero attached hydrogens (tertiary/aromatic N) is 1. The number of ketones is 1. The first-order valence-corrected chi connectivity index (χ1v) is 5.74. The normalized spacial score (nSPS) is 11.1. The molecule has 0 saturated heterocycles. The topological polar surface area (TPSA) is 65.4 Å². The van der Waals surface area contributed by atoms with Crippen molar-refractivity contribution < 1.29 is 14.3 Å². The van der Waals surface area contributed by atoms with Crippen molar-refractivity contribution in [3.63, 3.8) is 0 Å². The Balaban J connectivity index is 2.78. The van der Waals surface area contributed by atoms with Crippen LogP contribution in [0.25, 0.3) is 0 Å². The van der Waals surface area contributed by atoms with Crippen LogP contribution in [0.15, 0.2) is 29.3 Å². The van der Waals surface area contributed by atoms with Crippen LogP contribution in [0.2, 0.25) is 0 Å². The van der Waals surface area contributed by atoms with Crippen molar-refractivity contribution in [2.24, 2.45) is 5.41 Å². The minimum absolute atomic E-state index is 0.0338. The van der Waals surface area contributed by atoms with Gasteiger partial charge in [0.05, 0.1) is 13.2 Å². The zero-order valence-corrected chi connectivity index (χ0v) is 10.8. The van der Waals surface area contributed by atoms with E-state index in [0.717, 1.165) is 0 Å². The van der Waals surface area contributed by atoms with Crippen molar-refractivity contribution in [1.82, 2.24) is 4.57 Å². The lowest BCUT2D eigenvalue weighted by molar-refractivity contribution is -0.158. The molecule has 0 aliphatic rings. The van der Waals surface area contributed by atoms with Crippen LogP contribution in [-0.2, 0) is 20.9 Å². The van der Waals surface area contributed by atoms with E-state index in [1.54, 1.807) is 11.5 Å². The molecule has 0 aliphatic carbocycles. The van der Waals surface area contributed by atoms with E-state index in [1.807, 2.05) is 0 Å². The Hall–Kier alpha value is -1.91. The maximum atomic E-state index is 12.0. The van der Waals surface area contributed by atoms with Crippen molar-refractivity contribution in [3.05, 3.63) is 34.7 Å². The SMILES string of the molecule is CCOC(=O)C(C)(C)C(=O)Cn1ccc(=O)cc1. The summed E-state index contributed by atoms with van der Waals surface area (Å²) in [7, 11) is 0. The van der Waals surface area contributed by atoms with Crippen molar-refractivity contribution in [1.29, 1.82) is 0 Å². The minimum atomic E-state index is -1.18. The fraction of sp³-hybridized carbons (Fsp3) is 0.462. The average Bonchev–Trinajstić information content (AvgIpc) is 2.32. The molecular weight excluding hydrogens is 234 g/mol. The molecule has 0 aromatic carbocycles. The van der Waals surface area contributed by atoms with Gasteiger partial charge in [0.25, 0.3) is 0 Å². The number of pyridine rings is 1. The second-order valence-corrected chi connectivity index (χ2v) is 4.47. The van der Waals surface area contributed by atoms with E-state index >= 15 is 0 Å². The van der Waals surface area contributed by atoms with Gasteiger partial charge in [-0.2, -0.15) is 0 Å². The molecule has 0 atom stereocenters. The van der Waals surface area contributed by atoms with Gasteiger partial charge in [0.2, 0.25) is 0 Å². The van der Waals surface area contributed by atoms with E-state index in [4.69, 9.17) is 4.74 Å². The van der Waals surface area contributed by atoms with Crippen LogP contribution in [0.3, 0.4) is 0 Å². The Morgan fingerprint density at radius 1 is 1.28 bits per heavy atom. The van der Waals surface area contributed by atoms with Gasteiger partial charge in [0.15, 0.2) is 11.2 Å².